The molecule has 0 spiro atoms. The number of anilines is 1. The molecule has 2 heterocycles. The van der Waals surface area contributed by atoms with Crippen LogP contribution in [0.4, 0.5) is 5.13 Å². The summed E-state index contributed by atoms with van der Waals surface area (Å²) in [4.78, 5) is 27.6. The fraction of sp³-hybridized carbons (Fsp3) is 0.176. The number of thiazole rings is 1. The lowest BCUT2D eigenvalue weighted by Gasteiger charge is -2.11. The van der Waals surface area contributed by atoms with Gasteiger partial charge in [0, 0.05) is 11.6 Å². The number of carbonyl (C=O) groups is 2. The van der Waals surface area contributed by atoms with Crippen molar-refractivity contribution in [1.82, 2.24) is 10.4 Å². The molecule has 1 aromatic heterocycles. The number of nitrogens with one attached hydrogen (secondary N) is 2. The second-order valence-corrected chi connectivity index (χ2v) is 6.18. The van der Waals surface area contributed by atoms with Crippen LogP contribution in [-0.4, -0.2) is 36.2 Å². The molecule has 0 saturated heterocycles. The number of aromatic nitrogens is 1. The molecule has 0 fully saturated rings. The van der Waals surface area contributed by atoms with Crippen molar-refractivity contribution in [1.29, 1.82) is 0 Å². The van der Waals surface area contributed by atoms with E-state index >= 15 is 0 Å². The molecule has 1 aromatic carbocycles. The number of hydrogen-bond acceptors (Lipinski definition) is 7. The van der Waals surface area contributed by atoms with E-state index in [0.717, 1.165) is 5.56 Å². The van der Waals surface area contributed by atoms with Gasteiger partial charge in [-0.3, -0.25) is 14.9 Å². The predicted molar refractivity (Wildman–Crippen MR) is 98.5 cm³/mol. The van der Waals surface area contributed by atoms with E-state index in [9.17, 15) is 9.59 Å². The lowest BCUT2D eigenvalue weighted by atomic mass is 10.1. The summed E-state index contributed by atoms with van der Waals surface area (Å²) in [6, 6.07) is 5.17. The second kappa shape index (κ2) is 7.79. The number of rotatable bonds is 6. The molecule has 1 aliphatic rings. The van der Waals surface area contributed by atoms with Gasteiger partial charge in [0.2, 0.25) is 0 Å². The molecule has 9 heteroatoms. The van der Waals surface area contributed by atoms with Gasteiger partial charge < -0.3 is 9.47 Å². The Kier molecular flexibility index (Phi) is 5.28. The van der Waals surface area contributed by atoms with Crippen molar-refractivity contribution in [3.8, 4) is 11.5 Å². The van der Waals surface area contributed by atoms with Gasteiger partial charge in [0.25, 0.3) is 11.8 Å². The minimum atomic E-state index is -0.317. The minimum Gasteiger partial charge on any atom is -0.493 e. The van der Waals surface area contributed by atoms with E-state index in [1.807, 2.05) is 0 Å². The average Bonchev–Trinajstić information content (AvgIpc) is 3.25. The number of hydrazone groups is 1. The van der Waals surface area contributed by atoms with Crippen molar-refractivity contribution in [2.45, 2.75) is 6.92 Å². The van der Waals surface area contributed by atoms with E-state index in [-0.39, 0.29) is 18.4 Å². The Morgan fingerprint density at radius 2 is 2.23 bits per heavy atom. The van der Waals surface area contributed by atoms with Gasteiger partial charge >= 0.3 is 0 Å². The first-order valence-electron chi connectivity index (χ1n) is 7.63. The van der Waals surface area contributed by atoms with Crippen LogP contribution in [0.1, 0.15) is 12.5 Å². The normalized spacial score (nSPS) is 14.8. The molecule has 0 aliphatic carbocycles. The van der Waals surface area contributed by atoms with Gasteiger partial charge in [0.1, 0.15) is 0 Å². The Labute approximate surface area is 153 Å². The fourth-order valence-corrected chi connectivity index (χ4v) is 2.78. The molecule has 8 nitrogen and oxygen atoms in total. The Morgan fingerprint density at radius 3 is 2.88 bits per heavy atom. The van der Waals surface area contributed by atoms with Gasteiger partial charge in [0.15, 0.2) is 23.2 Å². The highest BCUT2D eigenvalue weighted by atomic mass is 32.1. The van der Waals surface area contributed by atoms with Gasteiger partial charge in [-0.25, -0.2) is 10.4 Å². The molecule has 3 rings (SSSR count). The van der Waals surface area contributed by atoms with Crippen molar-refractivity contribution < 1.29 is 19.1 Å². The van der Waals surface area contributed by atoms with Crippen LogP contribution in [0.5, 0.6) is 11.5 Å². The number of hydrogen-bond donors (Lipinski definition) is 2. The maximum atomic E-state index is 11.9. The number of carbonyl (C=O) groups excluding carboxylic acids is 2. The van der Waals surface area contributed by atoms with Crippen LogP contribution in [-0.2, 0) is 9.59 Å². The molecule has 26 heavy (non-hydrogen) atoms. The molecule has 1 aliphatic heterocycles. The van der Waals surface area contributed by atoms with E-state index in [1.54, 1.807) is 42.8 Å². The van der Waals surface area contributed by atoms with Crippen molar-refractivity contribution in [2.24, 2.45) is 5.10 Å². The van der Waals surface area contributed by atoms with Crippen LogP contribution < -0.4 is 20.2 Å². The molecule has 2 N–H and O–H groups in total. The lowest BCUT2D eigenvalue weighted by molar-refractivity contribution is -0.118. The highest BCUT2D eigenvalue weighted by Gasteiger charge is 2.19. The molecule has 0 bridgehead atoms. The number of amides is 2. The standard InChI is InChI=1S/C17H16N4O4S/c1-10-12(16(23)21-20-10)7-11-3-4-13(14(8-11)24-2)25-9-15(22)19-17-18-5-6-26-17/h3-8H,9H2,1-2H3,(H,21,23)(H,18,19,22). The fourth-order valence-electron chi connectivity index (χ4n) is 2.23. The summed E-state index contributed by atoms with van der Waals surface area (Å²) in [7, 11) is 1.50. The van der Waals surface area contributed by atoms with Crippen molar-refractivity contribution >= 4 is 40.1 Å². The second-order valence-electron chi connectivity index (χ2n) is 5.28. The number of nitrogens with zero attached hydrogens (tertiary/aromatic N) is 2. The van der Waals surface area contributed by atoms with E-state index in [4.69, 9.17) is 9.47 Å². The number of methoxy groups -OCH3 is 1. The Hall–Kier alpha value is -3.20. The summed E-state index contributed by atoms with van der Waals surface area (Å²) in [6.07, 6.45) is 3.32. The predicted octanol–water partition coefficient (Wildman–Crippen LogP) is 2.06. The molecular formula is C17H16N4O4S. The Morgan fingerprint density at radius 1 is 1.38 bits per heavy atom. The zero-order valence-corrected chi connectivity index (χ0v) is 14.9. The summed E-state index contributed by atoms with van der Waals surface area (Å²) in [5, 5.41) is 8.79. The van der Waals surface area contributed by atoms with Crippen molar-refractivity contribution in [3.63, 3.8) is 0 Å². The highest BCUT2D eigenvalue weighted by Crippen LogP contribution is 2.29. The van der Waals surface area contributed by atoms with Gasteiger partial charge in [-0.1, -0.05) is 6.07 Å². The highest BCUT2D eigenvalue weighted by molar-refractivity contribution is 7.13. The minimum absolute atomic E-state index is 0.176. The van der Waals surface area contributed by atoms with Gasteiger partial charge in [-0.05, 0) is 30.7 Å². The zero-order chi connectivity index (χ0) is 18.5. The zero-order valence-electron chi connectivity index (χ0n) is 14.1. The topological polar surface area (TPSA) is 102 Å². The third kappa shape index (κ3) is 4.06. The van der Waals surface area contributed by atoms with Crippen molar-refractivity contribution in [2.75, 3.05) is 19.0 Å². The van der Waals surface area contributed by atoms with E-state index in [2.05, 4.69) is 20.8 Å². The molecular weight excluding hydrogens is 356 g/mol. The first kappa shape index (κ1) is 17.6. The van der Waals surface area contributed by atoms with Gasteiger partial charge in [-0.15, -0.1) is 11.3 Å². The summed E-state index contributed by atoms with van der Waals surface area (Å²) >= 11 is 1.33. The first-order chi connectivity index (χ1) is 12.6. The maximum absolute atomic E-state index is 11.9. The molecule has 0 radical (unpaired) electrons. The molecule has 0 atom stereocenters. The lowest BCUT2D eigenvalue weighted by Crippen LogP contribution is -2.20. The largest absolute Gasteiger partial charge is 0.493 e. The molecule has 2 amide bonds. The van der Waals surface area contributed by atoms with Crippen LogP contribution in [0.15, 0.2) is 40.5 Å². The quantitative estimate of drug-likeness (QED) is 0.756. The average molecular weight is 372 g/mol. The van der Waals surface area contributed by atoms with Crippen LogP contribution in [0.3, 0.4) is 0 Å². The Bertz CT molecular complexity index is 890. The van der Waals surface area contributed by atoms with Crippen LogP contribution in [0, 0.1) is 0 Å². The molecule has 0 unspecified atom stereocenters. The SMILES string of the molecule is COc1cc(C=C2C(=O)NN=C2C)ccc1OCC(=O)Nc1nccs1. The first-order valence-corrected chi connectivity index (χ1v) is 8.51. The summed E-state index contributed by atoms with van der Waals surface area (Å²) in [5.41, 5.74) is 4.27. The molecule has 134 valence electrons. The molecule has 0 saturated carbocycles. The molecule has 2 aromatic rings. The smallest absolute Gasteiger partial charge is 0.273 e. The maximum Gasteiger partial charge on any atom is 0.273 e. The third-order valence-electron chi connectivity index (χ3n) is 3.50. The summed E-state index contributed by atoms with van der Waals surface area (Å²) < 4.78 is 10.8. The summed E-state index contributed by atoms with van der Waals surface area (Å²) in [5.74, 6) is 0.308. The van der Waals surface area contributed by atoms with Crippen molar-refractivity contribution in [3.05, 3.63) is 40.9 Å². The van der Waals surface area contributed by atoms with Gasteiger partial charge in [-0.2, -0.15) is 5.10 Å². The Balaban J connectivity index is 1.69. The van der Waals surface area contributed by atoms with E-state index in [0.29, 0.717) is 27.9 Å². The monoisotopic (exact) mass is 372 g/mol. The van der Waals surface area contributed by atoms with Crippen LogP contribution in [0.2, 0.25) is 0 Å². The van der Waals surface area contributed by atoms with Gasteiger partial charge in [0.05, 0.1) is 18.4 Å². The third-order valence-corrected chi connectivity index (χ3v) is 4.18. The van der Waals surface area contributed by atoms with Crippen LogP contribution in [0.25, 0.3) is 6.08 Å². The van der Waals surface area contributed by atoms with E-state index < -0.39 is 0 Å². The number of ether oxygens (including phenoxy) is 2. The van der Waals surface area contributed by atoms with E-state index in [1.165, 1.54) is 18.4 Å². The number of benzene rings is 1. The van der Waals surface area contributed by atoms with Crippen LogP contribution >= 0.6 is 11.3 Å². The summed E-state index contributed by atoms with van der Waals surface area (Å²) in [6.45, 7) is 1.57.